The summed E-state index contributed by atoms with van der Waals surface area (Å²) in [5.74, 6) is 5.39. The van der Waals surface area contributed by atoms with Crippen molar-refractivity contribution in [2.45, 2.75) is 18.9 Å². The number of para-hydroxylation sites is 1. The van der Waals surface area contributed by atoms with Crippen LogP contribution in [0.25, 0.3) is 0 Å². The zero-order chi connectivity index (χ0) is 14.1. The Morgan fingerprint density at radius 2 is 2.20 bits per heavy atom. The highest BCUT2D eigenvalue weighted by Gasteiger charge is 2.33. The maximum atomic E-state index is 11.3. The molecule has 3 rings (SSSR count). The summed E-state index contributed by atoms with van der Waals surface area (Å²) >= 11 is 0. The van der Waals surface area contributed by atoms with Crippen molar-refractivity contribution < 1.29 is 4.92 Å². The number of hydrogen-bond acceptors (Lipinski definition) is 6. The minimum absolute atomic E-state index is 0.0708. The molecule has 7 nitrogen and oxygen atoms in total. The van der Waals surface area contributed by atoms with Gasteiger partial charge >= 0.3 is 5.69 Å². The summed E-state index contributed by atoms with van der Waals surface area (Å²) in [4.78, 5) is 15.6. The van der Waals surface area contributed by atoms with Gasteiger partial charge in [-0.15, -0.1) is 0 Å². The molecule has 7 heteroatoms. The topological polar surface area (TPSA) is 87.7 Å². The number of hydrogen-bond donors (Lipinski definition) is 2. The van der Waals surface area contributed by atoms with Crippen LogP contribution in [0.4, 0.5) is 17.1 Å². The number of nitro benzene ring substituents is 1. The molecule has 2 aliphatic rings. The molecule has 0 aromatic heterocycles. The van der Waals surface area contributed by atoms with E-state index < -0.39 is 0 Å². The van der Waals surface area contributed by atoms with E-state index in [4.69, 9.17) is 5.84 Å². The van der Waals surface area contributed by atoms with Gasteiger partial charge in [0.1, 0.15) is 11.4 Å². The van der Waals surface area contributed by atoms with E-state index in [1.54, 1.807) is 12.1 Å². The van der Waals surface area contributed by atoms with E-state index in [0.717, 1.165) is 26.2 Å². The Bertz CT molecular complexity index is 521. The zero-order valence-corrected chi connectivity index (χ0v) is 11.3. The first-order chi connectivity index (χ1) is 9.70. The molecule has 0 aliphatic carbocycles. The molecule has 2 fully saturated rings. The van der Waals surface area contributed by atoms with E-state index in [9.17, 15) is 10.1 Å². The van der Waals surface area contributed by atoms with Crippen LogP contribution in [0.5, 0.6) is 0 Å². The summed E-state index contributed by atoms with van der Waals surface area (Å²) < 4.78 is 0. The highest BCUT2D eigenvalue weighted by Crippen LogP contribution is 2.36. The first-order valence-electron chi connectivity index (χ1n) is 6.93. The maximum absolute atomic E-state index is 11.3. The zero-order valence-electron chi connectivity index (χ0n) is 11.3. The van der Waals surface area contributed by atoms with E-state index in [1.807, 2.05) is 6.07 Å². The fourth-order valence-electron chi connectivity index (χ4n) is 3.30. The number of rotatable bonds is 3. The van der Waals surface area contributed by atoms with E-state index in [-0.39, 0.29) is 10.6 Å². The van der Waals surface area contributed by atoms with E-state index in [1.165, 1.54) is 12.8 Å². The summed E-state index contributed by atoms with van der Waals surface area (Å²) in [6.45, 7) is 3.81. The lowest BCUT2D eigenvalue weighted by atomic mass is 10.1. The van der Waals surface area contributed by atoms with Gasteiger partial charge in [0.25, 0.3) is 0 Å². The van der Waals surface area contributed by atoms with Crippen LogP contribution in [0.1, 0.15) is 12.8 Å². The lowest BCUT2D eigenvalue weighted by molar-refractivity contribution is -0.383. The molecule has 2 heterocycles. The van der Waals surface area contributed by atoms with Crippen LogP contribution < -0.4 is 16.2 Å². The number of nitrogens with one attached hydrogen (secondary N) is 1. The number of piperazine rings is 1. The van der Waals surface area contributed by atoms with Crippen molar-refractivity contribution in [2.24, 2.45) is 5.84 Å². The third-order valence-electron chi connectivity index (χ3n) is 4.28. The molecule has 0 spiro atoms. The monoisotopic (exact) mass is 277 g/mol. The number of nitrogens with two attached hydrogens (primary N) is 1. The van der Waals surface area contributed by atoms with Crippen LogP contribution in [0, 0.1) is 10.1 Å². The van der Waals surface area contributed by atoms with Crippen molar-refractivity contribution in [1.29, 1.82) is 0 Å². The smallest absolute Gasteiger partial charge is 0.316 e. The Kier molecular flexibility index (Phi) is 3.45. The summed E-state index contributed by atoms with van der Waals surface area (Å²) in [5, 5.41) is 11.3. The lowest BCUT2D eigenvalue weighted by Crippen LogP contribution is -2.50. The van der Waals surface area contributed by atoms with Crippen molar-refractivity contribution in [3.63, 3.8) is 0 Å². The van der Waals surface area contributed by atoms with Gasteiger partial charge in [-0.1, -0.05) is 6.07 Å². The molecule has 2 saturated heterocycles. The molecule has 0 amide bonds. The average molecular weight is 277 g/mol. The van der Waals surface area contributed by atoms with Crippen molar-refractivity contribution >= 4 is 17.1 Å². The Balaban J connectivity index is 1.91. The van der Waals surface area contributed by atoms with Gasteiger partial charge in [0.2, 0.25) is 0 Å². The predicted octanol–water partition coefficient (Wildman–Crippen LogP) is 1.16. The average Bonchev–Trinajstić information content (AvgIpc) is 2.93. The third kappa shape index (κ3) is 2.19. The summed E-state index contributed by atoms with van der Waals surface area (Å²) in [6.07, 6.45) is 2.41. The van der Waals surface area contributed by atoms with Gasteiger partial charge in [-0.2, -0.15) is 0 Å². The molecule has 3 N–H and O–H groups in total. The molecule has 1 atom stereocenters. The molecular formula is C13H19N5O2. The van der Waals surface area contributed by atoms with Crippen LogP contribution in [0.3, 0.4) is 0 Å². The van der Waals surface area contributed by atoms with E-state index >= 15 is 0 Å². The van der Waals surface area contributed by atoms with Crippen molar-refractivity contribution in [1.82, 2.24) is 4.90 Å². The highest BCUT2D eigenvalue weighted by atomic mass is 16.6. The molecule has 1 aromatic rings. The SMILES string of the molecule is NNc1cccc(N2CCN3CCCC3C2)c1[N+](=O)[O-]. The van der Waals surface area contributed by atoms with Crippen LogP contribution in [0.2, 0.25) is 0 Å². The Labute approximate surface area is 117 Å². The number of nitrogen functional groups attached to an aromatic ring is 1. The number of hydrazine groups is 1. The molecule has 0 bridgehead atoms. The summed E-state index contributed by atoms with van der Waals surface area (Å²) in [6, 6.07) is 5.77. The largest absolute Gasteiger partial charge is 0.363 e. The first-order valence-corrected chi connectivity index (χ1v) is 6.93. The lowest BCUT2D eigenvalue weighted by Gasteiger charge is -2.38. The molecule has 0 radical (unpaired) electrons. The fraction of sp³-hybridized carbons (Fsp3) is 0.538. The van der Waals surface area contributed by atoms with Crippen LogP contribution >= 0.6 is 0 Å². The number of nitrogens with zero attached hydrogens (tertiary/aromatic N) is 3. The Morgan fingerprint density at radius 3 is 2.95 bits per heavy atom. The molecule has 1 unspecified atom stereocenters. The second kappa shape index (κ2) is 5.26. The standard InChI is InChI=1S/C13H19N5O2/c14-15-11-4-1-5-12(13(11)18(19)20)17-8-7-16-6-2-3-10(16)9-17/h1,4-5,10,15H,2-3,6-9,14H2. The van der Waals surface area contributed by atoms with Crippen molar-refractivity contribution in [3.05, 3.63) is 28.3 Å². The normalized spacial score (nSPS) is 22.6. The minimum Gasteiger partial charge on any atom is -0.363 e. The number of fused-ring (bicyclic) bond motifs is 1. The molecule has 1 aromatic carbocycles. The first kappa shape index (κ1) is 13.1. The maximum Gasteiger partial charge on any atom is 0.316 e. The van der Waals surface area contributed by atoms with Gasteiger partial charge in [-0.25, -0.2) is 0 Å². The van der Waals surface area contributed by atoms with Gasteiger partial charge in [0.05, 0.1) is 4.92 Å². The quantitative estimate of drug-likeness (QED) is 0.490. The number of anilines is 2. The van der Waals surface area contributed by atoms with E-state index in [2.05, 4.69) is 15.2 Å². The Hall–Kier alpha value is -1.86. The Morgan fingerprint density at radius 1 is 1.35 bits per heavy atom. The van der Waals surface area contributed by atoms with Crippen molar-refractivity contribution in [2.75, 3.05) is 36.5 Å². The van der Waals surface area contributed by atoms with E-state index in [0.29, 0.717) is 17.4 Å². The van der Waals surface area contributed by atoms with Crippen molar-refractivity contribution in [3.8, 4) is 0 Å². The van der Waals surface area contributed by atoms with Gasteiger partial charge in [-0.3, -0.25) is 20.9 Å². The van der Waals surface area contributed by atoms with Crippen LogP contribution in [-0.4, -0.2) is 42.0 Å². The molecule has 20 heavy (non-hydrogen) atoms. The van der Waals surface area contributed by atoms with Gasteiger partial charge in [0.15, 0.2) is 0 Å². The van der Waals surface area contributed by atoms with Gasteiger partial charge in [0, 0.05) is 25.7 Å². The van der Waals surface area contributed by atoms with Crippen LogP contribution in [-0.2, 0) is 0 Å². The van der Waals surface area contributed by atoms with Gasteiger partial charge in [-0.05, 0) is 31.5 Å². The number of nitro groups is 1. The molecular weight excluding hydrogens is 258 g/mol. The third-order valence-corrected chi connectivity index (χ3v) is 4.28. The molecule has 108 valence electrons. The molecule has 0 saturated carbocycles. The van der Waals surface area contributed by atoms with Crippen LogP contribution in [0.15, 0.2) is 18.2 Å². The predicted molar refractivity (Wildman–Crippen MR) is 77.7 cm³/mol. The second-order valence-corrected chi connectivity index (χ2v) is 5.35. The summed E-state index contributed by atoms with van der Waals surface area (Å²) in [5.41, 5.74) is 3.52. The number of benzene rings is 1. The van der Waals surface area contributed by atoms with Gasteiger partial charge < -0.3 is 10.3 Å². The second-order valence-electron chi connectivity index (χ2n) is 5.35. The summed E-state index contributed by atoms with van der Waals surface area (Å²) in [7, 11) is 0. The fourth-order valence-corrected chi connectivity index (χ4v) is 3.30. The highest BCUT2D eigenvalue weighted by molar-refractivity contribution is 5.76. The molecule has 2 aliphatic heterocycles. The minimum atomic E-state index is -0.356.